The smallest absolute Gasteiger partial charge is 0.284 e. The molecule has 2 N–H and O–H groups in total. The predicted molar refractivity (Wildman–Crippen MR) is 53.5 cm³/mol. The number of carbonyl (C=O) groups is 1. The first-order valence-corrected chi connectivity index (χ1v) is 4.43. The minimum Gasteiger partial charge on any atom is -0.284 e. The molecule has 0 bridgehead atoms. The lowest BCUT2D eigenvalue weighted by atomic mass is 10.1. The Labute approximate surface area is 93.9 Å². The highest BCUT2D eigenvalue weighted by molar-refractivity contribution is 6.31. The quantitative estimate of drug-likeness (QED) is 0.482. The van der Waals surface area contributed by atoms with Gasteiger partial charge < -0.3 is 0 Å². The molecule has 0 aliphatic rings. The Bertz CT molecular complexity index is 431. The standard InChI is InChI=1S/C9H6ClF3N2O/c1-14-15-7-3-2-5(10)4-6(7)8(16)9(11,12)13/h2-4,15H,1H2/p+1. The van der Waals surface area contributed by atoms with Crippen LogP contribution in [0.1, 0.15) is 10.4 Å². The van der Waals surface area contributed by atoms with Gasteiger partial charge in [0.2, 0.25) is 0 Å². The van der Waals surface area contributed by atoms with E-state index in [1.807, 2.05) is 0 Å². The Balaban J connectivity index is 3.24. The van der Waals surface area contributed by atoms with Crippen molar-refractivity contribution in [3.8, 4) is 0 Å². The van der Waals surface area contributed by atoms with Crippen molar-refractivity contribution in [3.05, 3.63) is 28.8 Å². The van der Waals surface area contributed by atoms with Crippen LogP contribution in [0.25, 0.3) is 0 Å². The average Bonchev–Trinajstić information content (AvgIpc) is 2.18. The summed E-state index contributed by atoms with van der Waals surface area (Å²) in [5.41, 5.74) is 1.72. The molecule has 86 valence electrons. The lowest BCUT2D eigenvalue weighted by Gasteiger charge is -2.08. The third-order valence-electron chi connectivity index (χ3n) is 1.71. The first kappa shape index (κ1) is 12.5. The highest BCUT2D eigenvalue weighted by Crippen LogP contribution is 2.27. The van der Waals surface area contributed by atoms with Crippen LogP contribution in [0.2, 0.25) is 5.02 Å². The molecule has 0 atom stereocenters. The van der Waals surface area contributed by atoms with Gasteiger partial charge in [-0.1, -0.05) is 11.6 Å². The van der Waals surface area contributed by atoms with Gasteiger partial charge in [0.1, 0.15) is 5.69 Å². The van der Waals surface area contributed by atoms with Gasteiger partial charge in [-0.2, -0.15) is 18.6 Å². The number of ketones is 1. The second-order valence-electron chi connectivity index (χ2n) is 2.82. The maximum atomic E-state index is 12.2. The molecule has 0 aliphatic heterocycles. The fourth-order valence-electron chi connectivity index (χ4n) is 1.06. The van der Waals surface area contributed by atoms with Crippen molar-refractivity contribution in [3.63, 3.8) is 0 Å². The van der Waals surface area contributed by atoms with E-state index < -0.39 is 17.5 Å². The number of Topliss-reactive ketones (excluding diaryl/α,β-unsaturated/α-hetero) is 1. The van der Waals surface area contributed by atoms with E-state index in [0.29, 0.717) is 0 Å². The number of alkyl halides is 3. The maximum Gasteiger partial charge on any atom is 0.454 e. The van der Waals surface area contributed by atoms with Crippen LogP contribution in [0.3, 0.4) is 0 Å². The van der Waals surface area contributed by atoms with Gasteiger partial charge >= 0.3 is 6.18 Å². The monoisotopic (exact) mass is 251 g/mol. The summed E-state index contributed by atoms with van der Waals surface area (Å²) >= 11 is 5.53. The molecule has 1 rings (SSSR count). The van der Waals surface area contributed by atoms with Gasteiger partial charge in [0.05, 0.1) is 5.56 Å². The molecular weight excluding hydrogens is 245 g/mol. The molecule has 1 aromatic carbocycles. The Morgan fingerprint density at radius 1 is 1.44 bits per heavy atom. The van der Waals surface area contributed by atoms with Gasteiger partial charge in [-0.3, -0.25) is 4.79 Å². The first-order chi connectivity index (χ1) is 7.36. The molecule has 0 saturated heterocycles. The Hall–Kier alpha value is -1.56. The Morgan fingerprint density at radius 3 is 2.56 bits per heavy atom. The van der Waals surface area contributed by atoms with Crippen molar-refractivity contribution in [2.45, 2.75) is 6.18 Å². The highest BCUT2D eigenvalue weighted by atomic mass is 35.5. The lowest BCUT2D eigenvalue weighted by molar-refractivity contribution is -0.408. The molecule has 0 radical (unpaired) electrons. The molecule has 0 amide bonds. The number of benzene rings is 1. The average molecular weight is 252 g/mol. The van der Waals surface area contributed by atoms with Crippen LogP contribution in [0.15, 0.2) is 18.2 Å². The number of halogens is 4. The molecule has 1 aromatic rings. The van der Waals surface area contributed by atoms with Gasteiger partial charge in [-0.05, 0) is 18.2 Å². The molecule has 0 unspecified atom stereocenters. The number of hydrazone groups is 1. The summed E-state index contributed by atoms with van der Waals surface area (Å²) in [6.07, 6.45) is -4.94. The van der Waals surface area contributed by atoms with Gasteiger partial charge in [-0.15, -0.1) is 5.10 Å². The summed E-state index contributed by atoms with van der Waals surface area (Å²) in [5, 5.41) is 2.23. The lowest BCUT2D eigenvalue weighted by Crippen LogP contribution is -2.71. The molecular formula is C9H7ClF3N2O+. The number of nitrogens with one attached hydrogen (secondary N) is 2. The number of hydrogen-bond donors (Lipinski definition) is 2. The summed E-state index contributed by atoms with van der Waals surface area (Å²) < 4.78 is 36.7. The van der Waals surface area contributed by atoms with Gasteiger partial charge in [-0.25, -0.2) is 0 Å². The third-order valence-corrected chi connectivity index (χ3v) is 1.94. The summed E-state index contributed by atoms with van der Waals surface area (Å²) in [6.45, 7) is 3.18. The largest absolute Gasteiger partial charge is 0.454 e. The van der Waals surface area contributed by atoms with Crippen molar-refractivity contribution < 1.29 is 23.1 Å². The highest BCUT2D eigenvalue weighted by Gasteiger charge is 2.40. The zero-order valence-electron chi connectivity index (χ0n) is 7.86. The van der Waals surface area contributed by atoms with Crippen molar-refractivity contribution in [1.29, 1.82) is 0 Å². The van der Waals surface area contributed by atoms with Crippen LogP contribution in [-0.4, -0.2) is 18.7 Å². The topological polar surface area (TPSA) is 43.1 Å². The van der Waals surface area contributed by atoms with Crippen LogP contribution in [-0.2, 0) is 0 Å². The van der Waals surface area contributed by atoms with Crippen molar-refractivity contribution in [2.24, 2.45) is 0 Å². The fraction of sp³-hybridized carbons (Fsp3) is 0.111. The van der Waals surface area contributed by atoms with E-state index >= 15 is 0 Å². The zero-order chi connectivity index (χ0) is 12.3. The van der Waals surface area contributed by atoms with E-state index in [1.54, 1.807) is 0 Å². The van der Waals surface area contributed by atoms with E-state index in [2.05, 4.69) is 17.2 Å². The summed E-state index contributed by atoms with van der Waals surface area (Å²) in [7, 11) is 0. The predicted octanol–water partition coefficient (Wildman–Crippen LogP) is 1.19. The Kier molecular flexibility index (Phi) is 3.54. The second kappa shape index (κ2) is 4.52. The number of carbonyl (C=O) groups excluding carboxylic acids is 1. The second-order valence-corrected chi connectivity index (χ2v) is 3.26. The summed E-state index contributed by atoms with van der Waals surface area (Å²) in [5.74, 6) is -1.97. The minimum atomic E-state index is -4.94. The summed E-state index contributed by atoms with van der Waals surface area (Å²) in [6, 6.07) is 3.55. The van der Waals surface area contributed by atoms with Crippen LogP contribution in [0.4, 0.5) is 18.9 Å². The van der Waals surface area contributed by atoms with E-state index in [9.17, 15) is 18.0 Å². The number of anilines is 1. The normalized spacial score (nSPS) is 11.0. The zero-order valence-corrected chi connectivity index (χ0v) is 8.62. The number of hydrazine groups is 1. The fourth-order valence-corrected chi connectivity index (χ4v) is 1.23. The third kappa shape index (κ3) is 2.73. The van der Waals surface area contributed by atoms with Crippen molar-refractivity contribution in [2.75, 3.05) is 5.43 Å². The van der Waals surface area contributed by atoms with E-state index in [4.69, 9.17) is 11.6 Å². The number of rotatable bonds is 3. The van der Waals surface area contributed by atoms with Gasteiger partial charge in [0.15, 0.2) is 6.72 Å². The molecule has 16 heavy (non-hydrogen) atoms. The first-order valence-electron chi connectivity index (χ1n) is 4.05. The SMILES string of the molecule is C=[NH+]Nc1ccc(Cl)cc1C(=O)C(F)(F)F. The van der Waals surface area contributed by atoms with E-state index in [1.165, 1.54) is 12.1 Å². The molecule has 0 aromatic heterocycles. The molecule has 0 spiro atoms. The van der Waals surface area contributed by atoms with Crippen LogP contribution in [0, 0.1) is 0 Å². The molecule has 0 saturated carbocycles. The number of hydrogen-bond acceptors (Lipinski definition) is 2. The van der Waals surface area contributed by atoms with Crippen LogP contribution >= 0.6 is 11.6 Å². The van der Waals surface area contributed by atoms with Gasteiger partial charge in [0, 0.05) is 5.02 Å². The summed E-state index contributed by atoms with van der Waals surface area (Å²) in [4.78, 5) is 11.0. The van der Waals surface area contributed by atoms with Crippen molar-refractivity contribution >= 4 is 29.8 Å². The molecule has 3 nitrogen and oxygen atoms in total. The molecule has 0 fully saturated rings. The van der Waals surface area contributed by atoms with E-state index in [-0.39, 0.29) is 10.7 Å². The molecule has 0 heterocycles. The maximum absolute atomic E-state index is 12.2. The Morgan fingerprint density at radius 2 is 2.06 bits per heavy atom. The molecule has 7 heteroatoms. The minimum absolute atomic E-state index is 0.0401. The van der Waals surface area contributed by atoms with E-state index in [0.717, 1.165) is 6.07 Å². The van der Waals surface area contributed by atoms with Crippen molar-refractivity contribution in [1.82, 2.24) is 0 Å². The van der Waals surface area contributed by atoms with Crippen LogP contribution in [0.5, 0.6) is 0 Å². The molecule has 0 aliphatic carbocycles. The van der Waals surface area contributed by atoms with Crippen LogP contribution < -0.4 is 10.5 Å². The van der Waals surface area contributed by atoms with Gasteiger partial charge in [0.25, 0.3) is 5.78 Å².